The Morgan fingerprint density at radius 1 is 1.11 bits per heavy atom. The van der Waals surface area contributed by atoms with Crippen LogP contribution in [0, 0.1) is 0 Å². The number of rotatable bonds is 2. The monoisotopic (exact) mass is 250 g/mol. The number of Topliss-reactive ketones (excluding diaryl/α,β-unsaturated/α-hetero) is 1. The van der Waals surface area contributed by atoms with Crippen LogP contribution in [0.5, 0.6) is 5.75 Å². The van der Waals surface area contributed by atoms with Crippen molar-refractivity contribution in [3.05, 3.63) is 71.0 Å². The molecule has 19 heavy (non-hydrogen) atoms. The SMILES string of the molecule is CCc1ccc2c(c1)C(=O)/C(=C\c1ccccc1)O2. The van der Waals surface area contributed by atoms with E-state index in [9.17, 15) is 4.79 Å². The van der Waals surface area contributed by atoms with Gasteiger partial charge in [0.15, 0.2) is 5.76 Å². The minimum absolute atomic E-state index is 0.0332. The van der Waals surface area contributed by atoms with Gasteiger partial charge < -0.3 is 4.74 Å². The molecule has 1 heterocycles. The number of aryl methyl sites for hydroxylation is 1. The van der Waals surface area contributed by atoms with Gasteiger partial charge in [-0.3, -0.25) is 4.79 Å². The second-order valence-corrected chi connectivity index (χ2v) is 4.53. The quantitative estimate of drug-likeness (QED) is 0.756. The Hall–Kier alpha value is -2.35. The van der Waals surface area contributed by atoms with Gasteiger partial charge in [-0.25, -0.2) is 0 Å². The Bertz CT molecular complexity index is 654. The van der Waals surface area contributed by atoms with Gasteiger partial charge >= 0.3 is 0 Å². The summed E-state index contributed by atoms with van der Waals surface area (Å²) in [6, 6.07) is 15.5. The number of carbonyl (C=O) groups excluding carboxylic acids is 1. The third-order valence-electron chi connectivity index (χ3n) is 3.24. The van der Waals surface area contributed by atoms with Crippen molar-refractivity contribution in [2.45, 2.75) is 13.3 Å². The summed E-state index contributed by atoms with van der Waals surface area (Å²) in [5.41, 5.74) is 2.78. The van der Waals surface area contributed by atoms with Gasteiger partial charge in [-0.15, -0.1) is 0 Å². The zero-order valence-electron chi connectivity index (χ0n) is 10.7. The lowest BCUT2D eigenvalue weighted by molar-refractivity contribution is 0.101. The number of hydrogen-bond donors (Lipinski definition) is 0. The normalized spacial score (nSPS) is 15.4. The van der Waals surface area contributed by atoms with Gasteiger partial charge in [0.2, 0.25) is 5.78 Å². The van der Waals surface area contributed by atoms with Crippen LogP contribution < -0.4 is 4.74 Å². The van der Waals surface area contributed by atoms with Crippen molar-refractivity contribution in [2.24, 2.45) is 0 Å². The summed E-state index contributed by atoms with van der Waals surface area (Å²) < 4.78 is 5.63. The van der Waals surface area contributed by atoms with Gasteiger partial charge in [0.1, 0.15) is 5.75 Å². The molecule has 0 aliphatic carbocycles. The van der Waals surface area contributed by atoms with Crippen LogP contribution in [-0.2, 0) is 6.42 Å². The Balaban J connectivity index is 1.97. The van der Waals surface area contributed by atoms with Crippen LogP contribution in [0.15, 0.2) is 54.3 Å². The average Bonchev–Trinajstić information content (AvgIpc) is 2.76. The molecule has 2 aromatic carbocycles. The molecular formula is C17H14O2. The summed E-state index contributed by atoms with van der Waals surface area (Å²) in [6.07, 6.45) is 2.70. The highest BCUT2D eigenvalue weighted by Gasteiger charge is 2.27. The van der Waals surface area contributed by atoms with E-state index in [1.54, 1.807) is 6.08 Å². The molecule has 0 radical (unpaired) electrons. The molecular weight excluding hydrogens is 236 g/mol. The van der Waals surface area contributed by atoms with Crippen LogP contribution in [0.2, 0.25) is 0 Å². The van der Waals surface area contributed by atoms with Gasteiger partial charge in [0, 0.05) is 0 Å². The summed E-state index contributed by atoms with van der Waals surface area (Å²) in [7, 11) is 0. The molecule has 0 atom stereocenters. The van der Waals surface area contributed by atoms with Gasteiger partial charge in [0.05, 0.1) is 5.56 Å². The highest BCUT2D eigenvalue weighted by molar-refractivity contribution is 6.14. The van der Waals surface area contributed by atoms with Crippen LogP contribution in [0.4, 0.5) is 0 Å². The van der Waals surface area contributed by atoms with Crippen molar-refractivity contribution in [1.82, 2.24) is 0 Å². The van der Waals surface area contributed by atoms with Crippen LogP contribution in [0.3, 0.4) is 0 Å². The van der Waals surface area contributed by atoms with Crippen molar-refractivity contribution < 1.29 is 9.53 Å². The molecule has 0 saturated heterocycles. The number of hydrogen-bond acceptors (Lipinski definition) is 2. The first kappa shape index (κ1) is 11.7. The predicted octanol–water partition coefficient (Wildman–Crippen LogP) is 3.87. The molecule has 94 valence electrons. The van der Waals surface area contributed by atoms with Crippen molar-refractivity contribution in [3.63, 3.8) is 0 Å². The molecule has 1 aliphatic rings. The number of ketones is 1. The second kappa shape index (κ2) is 4.73. The number of allylic oxidation sites excluding steroid dienone is 1. The lowest BCUT2D eigenvalue weighted by Crippen LogP contribution is -1.98. The topological polar surface area (TPSA) is 26.3 Å². The van der Waals surface area contributed by atoms with E-state index in [2.05, 4.69) is 6.92 Å². The van der Waals surface area contributed by atoms with E-state index in [1.807, 2.05) is 48.5 Å². The molecule has 0 bridgehead atoms. The Morgan fingerprint density at radius 2 is 1.89 bits per heavy atom. The van der Waals surface area contributed by atoms with E-state index in [4.69, 9.17) is 4.74 Å². The summed E-state index contributed by atoms with van der Waals surface area (Å²) in [6.45, 7) is 2.07. The summed E-state index contributed by atoms with van der Waals surface area (Å²) in [5.74, 6) is 1.02. The fourth-order valence-corrected chi connectivity index (χ4v) is 2.16. The second-order valence-electron chi connectivity index (χ2n) is 4.53. The van der Waals surface area contributed by atoms with Crippen molar-refractivity contribution >= 4 is 11.9 Å². The summed E-state index contributed by atoms with van der Waals surface area (Å²) in [5, 5.41) is 0. The maximum atomic E-state index is 12.3. The van der Waals surface area contributed by atoms with E-state index in [0.717, 1.165) is 17.5 Å². The maximum Gasteiger partial charge on any atom is 0.231 e. The number of ether oxygens (including phenoxy) is 1. The third kappa shape index (κ3) is 2.17. The molecule has 2 aromatic rings. The fraction of sp³-hybridized carbons (Fsp3) is 0.118. The van der Waals surface area contributed by atoms with Crippen LogP contribution in [-0.4, -0.2) is 5.78 Å². The largest absolute Gasteiger partial charge is 0.452 e. The summed E-state index contributed by atoms with van der Waals surface area (Å²) in [4.78, 5) is 12.3. The third-order valence-corrected chi connectivity index (χ3v) is 3.24. The van der Waals surface area contributed by atoms with E-state index >= 15 is 0 Å². The number of carbonyl (C=O) groups is 1. The fourth-order valence-electron chi connectivity index (χ4n) is 2.16. The van der Waals surface area contributed by atoms with E-state index in [0.29, 0.717) is 17.1 Å². The highest BCUT2D eigenvalue weighted by atomic mass is 16.5. The standard InChI is InChI=1S/C17H14O2/c1-2-12-8-9-15-14(10-12)17(18)16(19-15)11-13-6-4-3-5-7-13/h3-11H,2H2,1H3/b16-11+. The molecule has 2 nitrogen and oxygen atoms in total. The molecule has 0 saturated carbocycles. The smallest absolute Gasteiger partial charge is 0.231 e. The van der Waals surface area contributed by atoms with E-state index in [1.165, 1.54) is 0 Å². The first-order valence-electron chi connectivity index (χ1n) is 6.40. The van der Waals surface area contributed by atoms with Crippen LogP contribution in [0.25, 0.3) is 6.08 Å². The highest BCUT2D eigenvalue weighted by Crippen LogP contribution is 2.32. The average molecular weight is 250 g/mol. The molecule has 0 aromatic heterocycles. The first-order valence-corrected chi connectivity index (χ1v) is 6.40. The molecule has 0 N–H and O–H groups in total. The lowest BCUT2D eigenvalue weighted by Gasteiger charge is -1.99. The molecule has 1 aliphatic heterocycles. The van der Waals surface area contributed by atoms with E-state index < -0.39 is 0 Å². The first-order chi connectivity index (χ1) is 9.28. The Kier molecular flexibility index (Phi) is 2.92. The zero-order chi connectivity index (χ0) is 13.2. The van der Waals surface area contributed by atoms with Gasteiger partial charge in [0.25, 0.3) is 0 Å². The van der Waals surface area contributed by atoms with E-state index in [-0.39, 0.29) is 5.78 Å². The molecule has 2 heteroatoms. The summed E-state index contributed by atoms with van der Waals surface area (Å²) >= 11 is 0. The number of fused-ring (bicyclic) bond motifs is 1. The molecule has 0 unspecified atom stereocenters. The van der Waals surface area contributed by atoms with Gasteiger partial charge in [-0.05, 0) is 35.8 Å². The minimum Gasteiger partial charge on any atom is -0.452 e. The maximum absolute atomic E-state index is 12.3. The molecule has 0 fully saturated rings. The molecule has 0 spiro atoms. The Labute approximate surface area is 112 Å². The van der Waals surface area contributed by atoms with Crippen molar-refractivity contribution in [3.8, 4) is 5.75 Å². The van der Waals surface area contributed by atoms with Gasteiger partial charge in [-0.1, -0.05) is 43.3 Å². The van der Waals surface area contributed by atoms with Crippen LogP contribution >= 0.6 is 0 Å². The van der Waals surface area contributed by atoms with Gasteiger partial charge in [-0.2, -0.15) is 0 Å². The van der Waals surface area contributed by atoms with Crippen LogP contribution in [0.1, 0.15) is 28.4 Å². The zero-order valence-corrected chi connectivity index (χ0v) is 10.7. The molecule has 3 rings (SSSR count). The van der Waals surface area contributed by atoms with Crippen molar-refractivity contribution in [1.29, 1.82) is 0 Å². The predicted molar refractivity (Wildman–Crippen MR) is 75.2 cm³/mol. The van der Waals surface area contributed by atoms with Crippen molar-refractivity contribution in [2.75, 3.05) is 0 Å². The molecule has 0 amide bonds. The lowest BCUT2D eigenvalue weighted by atomic mass is 10.0. The Morgan fingerprint density at radius 3 is 2.63 bits per heavy atom. The number of benzene rings is 2. The minimum atomic E-state index is -0.0332.